The van der Waals surface area contributed by atoms with Crippen LogP contribution in [0.15, 0.2) is 152 Å². The van der Waals surface area contributed by atoms with Gasteiger partial charge in [-0.25, -0.2) is 0 Å². The molecule has 0 aromatic heterocycles. The van der Waals surface area contributed by atoms with Crippen LogP contribution in [0.5, 0.6) is 0 Å². The molecule has 0 amide bonds. The van der Waals surface area contributed by atoms with Gasteiger partial charge in [0, 0.05) is 22.4 Å². The normalized spacial score (nSPS) is 13.2. The Kier molecular flexibility index (Phi) is 5.55. The number of para-hydroxylation sites is 1. The molecule has 1 heteroatoms. The van der Waals surface area contributed by atoms with Gasteiger partial charge >= 0.3 is 0 Å². The second-order valence-corrected chi connectivity index (χ2v) is 11.8. The topological polar surface area (TPSA) is 3.24 Å². The average Bonchev–Trinajstić information content (AvgIpc) is 3.28. The summed E-state index contributed by atoms with van der Waals surface area (Å²) >= 11 is 0. The monoisotopic (exact) mass is 537 g/mol. The number of hydrogen-bond donors (Lipinski definition) is 0. The minimum absolute atomic E-state index is 0.0531. The second kappa shape index (κ2) is 9.46. The number of nitrogens with zero attached hydrogens (tertiary/aromatic N) is 1. The van der Waals surface area contributed by atoms with Crippen LogP contribution in [0.3, 0.4) is 0 Å². The third-order valence-corrected chi connectivity index (χ3v) is 9.01. The van der Waals surface area contributed by atoms with Crippen molar-refractivity contribution in [1.82, 2.24) is 0 Å². The molecule has 0 spiro atoms. The molecule has 0 radical (unpaired) electrons. The molecule has 0 saturated heterocycles. The second-order valence-electron chi connectivity index (χ2n) is 11.8. The van der Waals surface area contributed by atoms with Crippen LogP contribution in [-0.4, -0.2) is 0 Å². The number of anilines is 3. The first-order valence-electron chi connectivity index (χ1n) is 14.7. The molecule has 0 unspecified atom stereocenters. The molecule has 7 aromatic rings. The van der Waals surface area contributed by atoms with Crippen LogP contribution in [-0.2, 0) is 5.41 Å². The van der Waals surface area contributed by atoms with E-state index in [0.29, 0.717) is 0 Å². The van der Waals surface area contributed by atoms with E-state index in [1.807, 2.05) is 0 Å². The Labute approximate surface area is 247 Å². The van der Waals surface area contributed by atoms with E-state index in [1.165, 1.54) is 60.6 Å². The fraction of sp³-hybridized carbons (Fsp3) is 0.0732. The smallest absolute Gasteiger partial charge is 0.0543 e. The van der Waals surface area contributed by atoms with Gasteiger partial charge in [0.15, 0.2) is 0 Å². The highest BCUT2D eigenvalue weighted by Gasteiger charge is 2.37. The largest absolute Gasteiger partial charge is 0.310 e. The first-order chi connectivity index (χ1) is 20.6. The van der Waals surface area contributed by atoms with Crippen LogP contribution in [0.25, 0.3) is 43.8 Å². The zero-order valence-corrected chi connectivity index (χ0v) is 23.9. The van der Waals surface area contributed by atoms with Crippen molar-refractivity contribution >= 4 is 38.6 Å². The first-order valence-corrected chi connectivity index (χ1v) is 14.7. The standard InChI is InChI=1S/C41H31N/c1-41(2)37-16-9-8-15-36(37)40-38(41)17-10-18-39(40)42(34-13-4-3-5-14-34)35-24-23-29-20-22-32(26-33(29)27-35)31-21-19-28-11-6-7-12-30(28)25-31/h3-27H,1-2H3. The molecule has 200 valence electrons. The van der Waals surface area contributed by atoms with Crippen molar-refractivity contribution in [3.8, 4) is 22.3 Å². The van der Waals surface area contributed by atoms with Crippen LogP contribution < -0.4 is 4.90 Å². The van der Waals surface area contributed by atoms with E-state index < -0.39 is 0 Å². The number of rotatable bonds is 4. The van der Waals surface area contributed by atoms with Crippen molar-refractivity contribution in [2.24, 2.45) is 0 Å². The van der Waals surface area contributed by atoms with Crippen LogP contribution in [0.4, 0.5) is 17.1 Å². The summed E-state index contributed by atoms with van der Waals surface area (Å²) in [6.45, 7) is 4.69. The molecule has 1 nitrogen and oxygen atoms in total. The van der Waals surface area contributed by atoms with Crippen LogP contribution in [0.2, 0.25) is 0 Å². The lowest BCUT2D eigenvalue weighted by Crippen LogP contribution is -2.16. The van der Waals surface area contributed by atoms with Gasteiger partial charge in [0.25, 0.3) is 0 Å². The summed E-state index contributed by atoms with van der Waals surface area (Å²) in [5.74, 6) is 0. The molecule has 0 bridgehead atoms. The number of benzene rings is 7. The molecule has 8 rings (SSSR count). The molecule has 0 saturated carbocycles. The Morgan fingerprint density at radius 2 is 1.05 bits per heavy atom. The van der Waals surface area contributed by atoms with Crippen molar-refractivity contribution in [2.45, 2.75) is 19.3 Å². The molecular formula is C41H31N. The zero-order valence-electron chi connectivity index (χ0n) is 23.9. The van der Waals surface area contributed by atoms with Gasteiger partial charge in [0.1, 0.15) is 0 Å². The van der Waals surface area contributed by atoms with E-state index >= 15 is 0 Å². The van der Waals surface area contributed by atoms with Gasteiger partial charge in [0.05, 0.1) is 5.69 Å². The van der Waals surface area contributed by atoms with Crippen molar-refractivity contribution in [1.29, 1.82) is 0 Å². The van der Waals surface area contributed by atoms with Gasteiger partial charge in [-0.3, -0.25) is 0 Å². The van der Waals surface area contributed by atoms with E-state index in [4.69, 9.17) is 0 Å². The lowest BCUT2D eigenvalue weighted by atomic mass is 9.82. The third-order valence-electron chi connectivity index (χ3n) is 9.01. The van der Waals surface area contributed by atoms with E-state index in [0.717, 1.165) is 11.4 Å². The maximum absolute atomic E-state index is 2.43. The summed E-state index contributed by atoms with van der Waals surface area (Å²) in [4.78, 5) is 2.43. The fourth-order valence-electron chi connectivity index (χ4n) is 6.85. The van der Waals surface area contributed by atoms with Gasteiger partial charge in [-0.15, -0.1) is 0 Å². The van der Waals surface area contributed by atoms with Crippen molar-refractivity contribution < 1.29 is 0 Å². The Morgan fingerprint density at radius 1 is 0.429 bits per heavy atom. The summed E-state index contributed by atoms with van der Waals surface area (Å²) in [5.41, 5.74) is 11.3. The highest BCUT2D eigenvalue weighted by Crippen LogP contribution is 2.54. The van der Waals surface area contributed by atoms with Gasteiger partial charge < -0.3 is 4.90 Å². The van der Waals surface area contributed by atoms with Crippen LogP contribution >= 0.6 is 0 Å². The van der Waals surface area contributed by atoms with Crippen LogP contribution in [0.1, 0.15) is 25.0 Å². The molecule has 1 aliphatic carbocycles. The van der Waals surface area contributed by atoms with E-state index in [2.05, 4.69) is 170 Å². The number of hydrogen-bond acceptors (Lipinski definition) is 1. The molecule has 0 fully saturated rings. The van der Waals surface area contributed by atoms with Gasteiger partial charge in [-0.05, 0) is 91.8 Å². The summed E-state index contributed by atoms with van der Waals surface area (Å²) in [5, 5.41) is 5.00. The lowest BCUT2D eigenvalue weighted by Gasteiger charge is -2.29. The Morgan fingerprint density at radius 3 is 1.86 bits per heavy atom. The Hall–Kier alpha value is -5.14. The lowest BCUT2D eigenvalue weighted by molar-refractivity contribution is 0.660. The van der Waals surface area contributed by atoms with Crippen molar-refractivity contribution in [3.05, 3.63) is 163 Å². The Bertz CT molecular complexity index is 2120. The highest BCUT2D eigenvalue weighted by molar-refractivity contribution is 5.98. The molecule has 42 heavy (non-hydrogen) atoms. The van der Waals surface area contributed by atoms with Crippen molar-refractivity contribution in [3.63, 3.8) is 0 Å². The minimum atomic E-state index is -0.0531. The van der Waals surface area contributed by atoms with Crippen LogP contribution in [0, 0.1) is 0 Å². The molecule has 0 N–H and O–H groups in total. The molecular weight excluding hydrogens is 506 g/mol. The third kappa shape index (κ3) is 3.85. The minimum Gasteiger partial charge on any atom is -0.310 e. The predicted molar refractivity (Wildman–Crippen MR) is 179 cm³/mol. The van der Waals surface area contributed by atoms with E-state index in [9.17, 15) is 0 Å². The molecule has 1 aliphatic rings. The quantitative estimate of drug-likeness (QED) is 0.216. The highest BCUT2D eigenvalue weighted by atomic mass is 15.1. The van der Waals surface area contributed by atoms with E-state index in [1.54, 1.807) is 0 Å². The summed E-state index contributed by atoms with van der Waals surface area (Å²) in [7, 11) is 0. The Balaban J connectivity index is 1.32. The summed E-state index contributed by atoms with van der Waals surface area (Å²) < 4.78 is 0. The van der Waals surface area contributed by atoms with Gasteiger partial charge in [-0.2, -0.15) is 0 Å². The predicted octanol–water partition coefficient (Wildman–Crippen LogP) is 11.4. The summed E-state index contributed by atoms with van der Waals surface area (Å²) in [6.07, 6.45) is 0. The summed E-state index contributed by atoms with van der Waals surface area (Å²) in [6, 6.07) is 55.5. The maximum Gasteiger partial charge on any atom is 0.0543 e. The molecule has 7 aromatic carbocycles. The average molecular weight is 538 g/mol. The fourth-order valence-corrected chi connectivity index (χ4v) is 6.85. The maximum atomic E-state index is 2.43. The van der Waals surface area contributed by atoms with E-state index in [-0.39, 0.29) is 5.41 Å². The molecule has 0 atom stereocenters. The molecule has 0 heterocycles. The number of fused-ring (bicyclic) bond motifs is 5. The van der Waals surface area contributed by atoms with Gasteiger partial charge in [0.2, 0.25) is 0 Å². The van der Waals surface area contributed by atoms with Crippen molar-refractivity contribution in [2.75, 3.05) is 4.90 Å². The SMILES string of the molecule is CC1(C)c2ccccc2-c2c(N(c3ccccc3)c3ccc4ccc(-c5ccc6ccccc6c5)cc4c3)cccc21. The zero-order chi connectivity index (χ0) is 28.3. The molecule has 0 aliphatic heterocycles. The first kappa shape index (κ1) is 24.6. The van der Waals surface area contributed by atoms with Gasteiger partial charge in [-0.1, -0.05) is 123 Å².